The number of hydrogen-bond donors (Lipinski definition) is 0. The zero-order valence-corrected chi connectivity index (χ0v) is 17.7. The van der Waals surface area contributed by atoms with Crippen LogP contribution in [-0.4, -0.2) is 53.2 Å². The van der Waals surface area contributed by atoms with Gasteiger partial charge in [-0.2, -0.15) is 4.99 Å². The fraction of sp³-hybridized carbons (Fsp3) is 0.619. The topological polar surface area (TPSA) is 66.8 Å². The molecule has 150 valence electrons. The zero-order valence-electron chi connectivity index (χ0n) is 16.1. The number of fused-ring (bicyclic) bond motifs is 3. The maximum Gasteiger partial charge on any atom is 0.252 e. The molecule has 5 nitrogen and oxygen atoms in total. The van der Waals surface area contributed by atoms with E-state index in [2.05, 4.69) is 9.89 Å². The highest BCUT2D eigenvalue weighted by Gasteiger charge is 2.54. The van der Waals surface area contributed by atoms with Gasteiger partial charge in [-0.3, -0.25) is 4.79 Å². The molecule has 2 saturated carbocycles. The first kappa shape index (κ1) is 18.7. The third-order valence-corrected chi connectivity index (χ3v) is 10.1. The number of rotatable bonds is 3. The van der Waals surface area contributed by atoms with Crippen molar-refractivity contribution in [3.8, 4) is 0 Å². The summed E-state index contributed by atoms with van der Waals surface area (Å²) in [6, 6.07) is 8.33. The van der Waals surface area contributed by atoms with Gasteiger partial charge in [-0.05, 0) is 43.6 Å². The predicted octanol–water partition coefficient (Wildman–Crippen LogP) is 2.82. The molecule has 2 saturated heterocycles. The van der Waals surface area contributed by atoms with Gasteiger partial charge in [0, 0.05) is 11.3 Å². The minimum Gasteiger partial charge on any atom is -0.343 e. The molecule has 0 radical (unpaired) electrons. The highest BCUT2D eigenvalue weighted by Crippen LogP contribution is 2.51. The smallest absolute Gasteiger partial charge is 0.252 e. The number of benzene rings is 1. The molecule has 1 aromatic rings. The summed E-state index contributed by atoms with van der Waals surface area (Å²) in [5.74, 6) is 1.68. The summed E-state index contributed by atoms with van der Waals surface area (Å²) in [6.45, 7) is 2.03. The van der Waals surface area contributed by atoms with Gasteiger partial charge >= 0.3 is 0 Å². The number of carbonyl (C=O) groups excluding carboxylic acids is 1. The highest BCUT2D eigenvalue weighted by atomic mass is 32.2. The van der Waals surface area contributed by atoms with E-state index in [1.54, 1.807) is 0 Å². The maximum absolute atomic E-state index is 12.7. The van der Waals surface area contributed by atoms with Crippen molar-refractivity contribution in [3.05, 3.63) is 35.4 Å². The Morgan fingerprint density at radius 3 is 2.61 bits per heavy atom. The first-order valence-corrected chi connectivity index (χ1v) is 12.9. The molecule has 2 aliphatic heterocycles. The molecule has 4 aliphatic rings. The second-order valence-electron chi connectivity index (χ2n) is 8.90. The van der Waals surface area contributed by atoms with Crippen molar-refractivity contribution in [2.75, 3.05) is 11.5 Å². The molecule has 4 fully saturated rings. The van der Waals surface area contributed by atoms with Gasteiger partial charge in [0.2, 0.25) is 0 Å². The van der Waals surface area contributed by atoms with Crippen LogP contribution in [0.25, 0.3) is 0 Å². The molecule has 0 aromatic heterocycles. The Balaban J connectivity index is 1.40. The van der Waals surface area contributed by atoms with Crippen molar-refractivity contribution in [1.82, 2.24) is 4.90 Å². The van der Waals surface area contributed by atoms with E-state index in [4.69, 9.17) is 0 Å². The van der Waals surface area contributed by atoms with E-state index in [-0.39, 0.29) is 28.7 Å². The van der Waals surface area contributed by atoms with E-state index < -0.39 is 9.84 Å². The molecule has 5 atom stereocenters. The average molecular weight is 419 g/mol. The molecule has 1 amide bonds. The standard InChI is InChI=1S/C21H26N2O3S2/c1-13-2-4-14(5-3-13)10-20(24)22-21-23(17-9-15-6-7-16(17)8-15)18-11-28(25,26)12-19(18)27-21/h2-5,15-19H,6-12H2,1H3/t15-,16-,17-,18-,19+/m0/s1. The van der Waals surface area contributed by atoms with E-state index in [9.17, 15) is 13.2 Å². The first-order valence-electron chi connectivity index (χ1n) is 10.2. The molecule has 28 heavy (non-hydrogen) atoms. The summed E-state index contributed by atoms with van der Waals surface area (Å²) >= 11 is 1.52. The Bertz CT molecular complexity index is 925. The first-order chi connectivity index (χ1) is 13.4. The minimum absolute atomic E-state index is 0.00900. The lowest BCUT2D eigenvalue weighted by atomic mass is 9.93. The van der Waals surface area contributed by atoms with Crippen molar-refractivity contribution >= 4 is 32.7 Å². The number of aryl methyl sites for hydroxylation is 1. The number of amidine groups is 1. The fourth-order valence-corrected chi connectivity index (χ4v) is 9.55. The largest absolute Gasteiger partial charge is 0.343 e. The van der Waals surface area contributed by atoms with Crippen LogP contribution in [0.1, 0.15) is 36.8 Å². The molecule has 0 spiro atoms. The minimum atomic E-state index is -2.99. The van der Waals surface area contributed by atoms with Crippen molar-refractivity contribution in [1.29, 1.82) is 0 Å². The van der Waals surface area contributed by atoms with E-state index in [1.165, 1.54) is 36.6 Å². The van der Waals surface area contributed by atoms with Crippen LogP contribution in [0.2, 0.25) is 0 Å². The Kier molecular flexibility index (Phi) is 4.58. The quantitative estimate of drug-likeness (QED) is 0.755. The SMILES string of the molecule is Cc1ccc(CC(=O)N=C2S[C@@H]3CS(=O)(=O)C[C@@H]3N2[C@H]2C[C@H]3CC[C@H]2C3)cc1. The van der Waals surface area contributed by atoms with Crippen LogP contribution in [0, 0.1) is 18.8 Å². The van der Waals surface area contributed by atoms with Gasteiger partial charge in [0.1, 0.15) is 0 Å². The Morgan fingerprint density at radius 1 is 1.14 bits per heavy atom. The number of hydrogen-bond acceptors (Lipinski definition) is 4. The average Bonchev–Trinajstić information content (AvgIpc) is 3.36. The lowest BCUT2D eigenvalue weighted by Crippen LogP contribution is -2.47. The van der Waals surface area contributed by atoms with Crippen LogP contribution in [0.3, 0.4) is 0 Å². The van der Waals surface area contributed by atoms with Gasteiger partial charge < -0.3 is 4.90 Å². The summed E-state index contributed by atoms with van der Waals surface area (Å²) in [4.78, 5) is 19.4. The predicted molar refractivity (Wildman–Crippen MR) is 112 cm³/mol. The van der Waals surface area contributed by atoms with Crippen LogP contribution in [0.4, 0.5) is 0 Å². The monoisotopic (exact) mass is 418 g/mol. The molecule has 5 rings (SSSR count). The molecule has 0 N–H and O–H groups in total. The van der Waals surface area contributed by atoms with Gasteiger partial charge in [-0.15, -0.1) is 0 Å². The molecule has 0 unspecified atom stereocenters. The fourth-order valence-electron chi connectivity index (χ4n) is 5.56. The summed E-state index contributed by atoms with van der Waals surface area (Å²) in [6.07, 6.45) is 5.20. The Morgan fingerprint density at radius 2 is 1.93 bits per heavy atom. The lowest BCUT2D eigenvalue weighted by molar-refractivity contribution is -0.117. The molecular formula is C21H26N2O3S2. The van der Waals surface area contributed by atoms with Crippen LogP contribution in [-0.2, 0) is 21.1 Å². The van der Waals surface area contributed by atoms with Crippen molar-refractivity contribution in [3.63, 3.8) is 0 Å². The molecular weight excluding hydrogens is 392 g/mol. The van der Waals surface area contributed by atoms with Crippen LogP contribution < -0.4 is 0 Å². The third-order valence-electron chi connectivity index (χ3n) is 6.86. The normalized spacial score (nSPS) is 37.0. The molecule has 2 aliphatic carbocycles. The van der Waals surface area contributed by atoms with Crippen molar-refractivity contribution < 1.29 is 13.2 Å². The number of amides is 1. The lowest BCUT2D eigenvalue weighted by Gasteiger charge is -2.36. The molecule has 7 heteroatoms. The van der Waals surface area contributed by atoms with Gasteiger partial charge in [0.15, 0.2) is 15.0 Å². The van der Waals surface area contributed by atoms with Gasteiger partial charge in [0.25, 0.3) is 5.91 Å². The van der Waals surface area contributed by atoms with E-state index in [0.29, 0.717) is 18.4 Å². The second-order valence-corrected chi connectivity index (χ2v) is 12.3. The van der Waals surface area contributed by atoms with E-state index in [1.807, 2.05) is 31.2 Å². The number of nitrogens with zero attached hydrogens (tertiary/aromatic N) is 2. The molecule has 2 bridgehead atoms. The summed E-state index contributed by atoms with van der Waals surface area (Å²) < 4.78 is 24.4. The van der Waals surface area contributed by atoms with Crippen LogP contribution in [0.15, 0.2) is 29.3 Å². The van der Waals surface area contributed by atoms with Crippen LogP contribution in [0.5, 0.6) is 0 Å². The summed E-state index contributed by atoms with van der Waals surface area (Å²) in [5.41, 5.74) is 2.14. The highest BCUT2D eigenvalue weighted by molar-refractivity contribution is 8.15. The van der Waals surface area contributed by atoms with Gasteiger partial charge in [0.05, 0.1) is 24.0 Å². The van der Waals surface area contributed by atoms with E-state index >= 15 is 0 Å². The number of carbonyl (C=O) groups is 1. The van der Waals surface area contributed by atoms with E-state index in [0.717, 1.165) is 23.1 Å². The second kappa shape index (κ2) is 6.87. The summed E-state index contributed by atoms with van der Waals surface area (Å²) in [7, 11) is -2.99. The van der Waals surface area contributed by atoms with Gasteiger partial charge in [-0.25, -0.2) is 8.42 Å². The van der Waals surface area contributed by atoms with Gasteiger partial charge in [-0.1, -0.05) is 48.0 Å². The zero-order chi connectivity index (χ0) is 19.5. The summed E-state index contributed by atoms with van der Waals surface area (Å²) in [5, 5.41) is 0.801. The number of sulfone groups is 1. The Labute approximate surface area is 170 Å². The number of aliphatic imine (C=N–C) groups is 1. The molecule has 2 heterocycles. The van der Waals surface area contributed by atoms with Crippen molar-refractivity contribution in [2.45, 2.75) is 56.4 Å². The number of thioether (sulfide) groups is 1. The van der Waals surface area contributed by atoms with Crippen LogP contribution >= 0.6 is 11.8 Å². The Hall–Kier alpha value is -1.34. The third kappa shape index (κ3) is 3.41. The molecule has 1 aromatic carbocycles. The maximum atomic E-state index is 12.7. The van der Waals surface area contributed by atoms with Crippen molar-refractivity contribution in [2.24, 2.45) is 16.8 Å².